The lowest BCUT2D eigenvalue weighted by Crippen LogP contribution is -2.35. The molecule has 182 valence electrons. The molecule has 1 N–H and O–H groups in total. The summed E-state index contributed by atoms with van der Waals surface area (Å²) in [6, 6.07) is 27.9. The average Bonchev–Trinajstić information content (AvgIpc) is 2.89. The Morgan fingerprint density at radius 1 is 0.972 bits per heavy atom. The second-order valence-corrected chi connectivity index (χ2v) is 10.6. The predicted octanol–water partition coefficient (Wildman–Crippen LogP) is 6.60. The zero-order valence-corrected chi connectivity index (χ0v) is 22.3. The van der Waals surface area contributed by atoms with E-state index in [0.29, 0.717) is 14.9 Å². The van der Waals surface area contributed by atoms with Gasteiger partial charge in [0.1, 0.15) is 24.1 Å². The number of hydrogen-bond donors (Lipinski definition) is 1. The largest absolute Gasteiger partial charge is 0.513 e. The molecular formula is C27H22IN2O5P. The molecule has 2 atom stereocenters. The van der Waals surface area contributed by atoms with Crippen molar-refractivity contribution in [1.29, 1.82) is 5.26 Å². The van der Waals surface area contributed by atoms with Crippen LogP contribution < -0.4 is 14.1 Å². The topological polar surface area (TPSA) is 97.6 Å². The number of benzene rings is 4. The van der Waals surface area contributed by atoms with Gasteiger partial charge in [-0.1, -0.05) is 66.7 Å². The van der Waals surface area contributed by atoms with Gasteiger partial charge in [-0.2, -0.15) is 10.3 Å². The maximum atomic E-state index is 14.1. The van der Waals surface area contributed by atoms with Crippen molar-refractivity contribution in [2.75, 3.05) is 0 Å². The van der Waals surface area contributed by atoms with Gasteiger partial charge in [0.25, 0.3) is 0 Å². The van der Waals surface area contributed by atoms with Crippen LogP contribution in [0.1, 0.15) is 18.1 Å². The third-order valence-electron chi connectivity index (χ3n) is 5.18. The van der Waals surface area contributed by atoms with Crippen LogP contribution in [0.15, 0.2) is 91.0 Å². The van der Waals surface area contributed by atoms with Crippen LogP contribution in [0.5, 0.6) is 11.5 Å². The first kappa shape index (κ1) is 25.7. The minimum absolute atomic E-state index is 0.0779. The number of esters is 1. The molecule has 0 aromatic heterocycles. The van der Waals surface area contributed by atoms with Gasteiger partial charge in [0.2, 0.25) is 0 Å². The Kier molecular flexibility index (Phi) is 8.26. The molecule has 4 aromatic rings. The van der Waals surface area contributed by atoms with E-state index in [9.17, 15) is 9.36 Å². The molecule has 0 saturated heterocycles. The summed E-state index contributed by atoms with van der Waals surface area (Å²) in [4.78, 5) is 12.7. The number of carbonyl (C=O) groups excluding carboxylic acids is 1. The second-order valence-electron chi connectivity index (χ2n) is 7.86. The lowest BCUT2D eigenvalue weighted by molar-refractivity contribution is -0.146. The highest BCUT2D eigenvalue weighted by atomic mass is 127. The molecule has 9 heteroatoms. The van der Waals surface area contributed by atoms with Crippen LogP contribution in [0.3, 0.4) is 0 Å². The maximum absolute atomic E-state index is 14.1. The number of rotatable bonds is 9. The molecule has 0 spiro atoms. The van der Waals surface area contributed by atoms with Crippen molar-refractivity contribution in [3.63, 3.8) is 0 Å². The minimum atomic E-state index is -4.16. The van der Waals surface area contributed by atoms with Crippen molar-refractivity contribution in [2.45, 2.75) is 19.6 Å². The third kappa shape index (κ3) is 6.43. The fourth-order valence-electron chi connectivity index (χ4n) is 3.39. The molecule has 0 aliphatic carbocycles. The summed E-state index contributed by atoms with van der Waals surface area (Å²) in [5, 5.41) is 13.5. The normalized spacial score (nSPS) is 13.2. The second kappa shape index (κ2) is 11.6. The molecule has 36 heavy (non-hydrogen) atoms. The van der Waals surface area contributed by atoms with Gasteiger partial charge in [-0.15, -0.1) is 0 Å². The molecule has 4 aromatic carbocycles. The fraction of sp³-hybridized carbons (Fsp3) is 0.111. The number of ether oxygens (including phenoxy) is 1. The highest BCUT2D eigenvalue weighted by molar-refractivity contribution is 14.1. The molecule has 0 saturated carbocycles. The molecule has 1 unspecified atom stereocenters. The quantitative estimate of drug-likeness (QED) is 0.129. The summed E-state index contributed by atoms with van der Waals surface area (Å²) < 4.78 is 31.8. The Hall–Kier alpha value is -3.38. The third-order valence-corrected chi connectivity index (χ3v) is 7.60. The first-order valence-electron chi connectivity index (χ1n) is 11.0. The molecule has 0 fully saturated rings. The number of carbonyl (C=O) groups is 1. The maximum Gasteiger partial charge on any atom is 0.513 e. The lowest BCUT2D eigenvalue weighted by Gasteiger charge is -2.24. The fourth-order valence-corrected chi connectivity index (χ4v) is 5.75. The monoisotopic (exact) mass is 612 g/mol. The lowest BCUT2D eigenvalue weighted by atomic mass is 10.1. The molecule has 0 aliphatic heterocycles. The van der Waals surface area contributed by atoms with Gasteiger partial charge in [0.05, 0.1) is 15.2 Å². The number of hydrogen-bond acceptors (Lipinski definition) is 6. The van der Waals surface area contributed by atoms with Gasteiger partial charge >= 0.3 is 13.7 Å². The molecule has 7 nitrogen and oxygen atoms in total. The van der Waals surface area contributed by atoms with Crippen molar-refractivity contribution in [1.82, 2.24) is 5.09 Å². The van der Waals surface area contributed by atoms with Crippen molar-refractivity contribution < 1.29 is 23.1 Å². The number of nitriles is 1. The van der Waals surface area contributed by atoms with Crippen molar-refractivity contribution in [2.24, 2.45) is 0 Å². The molecule has 0 bridgehead atoms. The Morgan fingerprint density at radius 3 is 2.42 bits per heavy atom. The zero-order chi connectivity index (χ0) is 25.5. The van der Waals surface area contributed by atoms with Crippen molar-refractivity contribution in [3.05, 3.63) is 106 Å². The summed E-state index contributed by atoms with van der Waals surface area (Å²) in [6.07, 6.45) is 0. The van der Waals surface area contributed by atoms with Crippen molar-refractivity contribution >= 4 is 47.1 Å². The van der Waals surface area contributed by atoms with Gasteiger partial charge in [0.15, 0.2) is 0 Å². The Bertz CT molecular complexity index is 1470. The molecular weight excluding hydrogens is 590 g/mol. The van der Waals surface area contributed by atoms with Crippen LogP contribution in [0.4, 0.5) is 0 Å². The van der Waals surface area contributed by atoms with E-state index in [-0.39, 0.29) is 12.4 Å². The minimum Gasteiger partial charge on any atom is -0.460 e. The van der Waals surface area contributed by atoms with E-state index in [1.54, 1.807) is 30.3 Å². The van der Waals surface area contributed by atoms with Gasteiger partial charge in [-0.05, 0) is 64.7 Å². The summed E-state index contributed by atoms with van der Waals surface area (Å²) >= 11 is 1.99. The van der Waals surface area contributed by atoms with Gasteiger partial charge in [-0.3, -0.25) is 4.79 Å². The highest BCUT2D eigenvalue weighted by Gasteiger charge is 2.35. The van der Waals surface area contributed by atoms with E-state index >= 15 is 0 Å². The SMILES string of the molecule is C[C@H](NP(=O)(Oc1ccc(C#N)cc1I)Oc1cccc2ccccc12)C(=O)OCc1ccccc1. The van der Waals surface area contributed by atoms with E-state index in [4.69, 9.17) is 19.0 Å². The van der Waals surface area contributed by atoms with Crippen molar-refractivity contribution in [3.8, 4) is 17.6 Å². The number of fused-ring (bicyclic) bond motifs is 1. The number of halogens is 1. The molecule has 0 heterocycles. The van der Waals surface area contributed by atoms with E-state index < -0.39 is 19.8 Å². The molecule has 0 amide bonds. The Morgan fingerprint density at radius 2 is 1.67 bits per heavy atom. The van der Waals surface area contributed by atoms with E-state index in [0.717, 1.165) is 16.3 Å². The van der Waals surface area contributed by atoms with Crippen LogP contribution in [-0.2, 0) is 20.7 Å². The van der Waals surface area contributed by atoms with Gasteiger partial charge in [-0.25, -0.2) is 4.57 Å². The van der Waals surface area contributed by atoms with Crippen LogP contribution >= 0.6 is 30.3 Å². The summed E-state index contributed by atoms with van der Waals surface area (Å²) in [7, 11) is -4.16. The highest BCUT2D eigenvalue weighted by Crippen LogP contribution is 2.48. The van der Waals surface area contributed by atoms with E-state index in [1.165, 1.54) is 6.92 Å². The number of nitrogens with zero attached hydrogens (tertiary/aromatic N) is 1. The zero-order valence-electron chi connectivity index (χ0n) is 19.3. The van der Waals surface area contributed by atoms with Crippen LogP contribution in [0.2, 0.25) is 0 Å². The smallest absolute Gasteiger partial charge is 0.460 e. The molecule has 0 aliphatic rings. The Balaban J connectivity index is 1.60. The molecule has 0 radical (unpaired) electrons. The van der Waals surface area contributed by atoms with Gasteiger partial charge < -0.3 is 13.8 Å². The summed E-state index contributed by atoms with van der Waals surface area (Å²) in [5.41, 5.74) is 1.26. The van der Waals surface area contributed by atoms with Crippen LogP contribution in [0.25, 0.3) is 10.8 Å². The molecule has 4 rings (SSSR count). The summed E-state index contributed by atoms with van der Waals surface area (Å²) in [6.45, 7) is 1.61. The van der Waals surface area contributed by atoms with E-state index in [2.05, 4.69) is 11.2 Å². The number of nitrogens with one attached hydrogen (secondary N) is 1. The first-order valence-corrected chi connectivity index (χ1v) is 13.6. The predicted molar refractivity (Wildman–Crippen MR) is 146 cm³/mol. The van der Waals surface area contributed by atoms with E-state index in [1.807, 2.05) is 83.3 Å². The van der Waals surface area contributed by atoms with Gasteiger partial charge in [0, 0.05) is 5.39 Å². The van der Waals surface area contributed by atoms with Crippen LogP contribution in [0, 0.1) is 14.9 Å². The first-order chi connectivity index (χ1) is 17.4. The summed E-state index contributed by atoms with van der Waals surface area (Å²) in [5.74, 6) is -0.0355. The standard InChI is InChI=1S/C27H22IN2O5P/c1-19(27(31)33-18-20-8-3-2-4-9-20)30-36(32,35-26-15-14-21(17-29)16-24(26)28)34-25-13-7-11-22-10-5-6-12-23(22)25/h2-16,19H,18H2,1H3,(H,30,32)/t19-,36?/m0/s1. The average molecular weight is 612 g/mol. The Labute approximate surface area is 222 Å². The van der Waals surface area contributed by atoms with Crippen LogP contribution in [-0.4, -0.2) is 12.0 Å².